The van der Waals surface area contributed by atoms with Gasteiger partial charge in [0.15, 0.2) is 0 Å². The molecular weight excluding hydrogens is 134 g/mol. The summed E-state index contributed by atoms with van der Waals surface area (Å²) in [5.41, 5.74) is 7.62. The fourth-order valence-electron chi connectivity index (χ4n) is 0.394. The number of hydrogen-bond acceptors (Lipinski definition) is 2. The van der Waals surface area contributed by atoms with Crippen LogP contribution in [0.15, 0.2) is 0 Å². The van der Waals surface area contributed by atoms with E-state index in [9.17, 15) is 9.59 Å². The first-order valence-electron chi connectivity index (χ1n) is 2.58. The Morgan fingerprint density at radius 2 is 2.00 bits per heavy atom. The lowest BCUT2D eigenvalue weighted by atomic mass is 10.2. The normalized spacial score (nSPS) is 7.80. The molecule has 5 heteroatoms. The lowest BCUT2D eigenvalue weighted by molar-refractivity contribution is -0.124. The Hall–Kier alpha value is -1.48. The van der Waals surface area contributed by atoms with Crippen LogP contribution < -0.4 is 5.32 Å². The minimum absolute atomic E-state index is 0.484. The SMILES string of the molecule is CNC(=O)C(=[N+]=[N-])C(C)=O. The molecule has 0 aromatic rings. The van der Waals surface area contributed by atoms with Crippen LogP contribution in [0.25, 0.3) is 5.53 Å². The number of carbonyl (C=O) groups is 2. The third kappa shape index (κ3) is 1.80. The Morgan fingerprint density at radius 3 is 2.10 bits per heavy atom. The van der Waals surface area contributed by atoms with E-state index in [-0.39, 0.29) is 0 Å². The van der Waals surface area contributed by atoms with E-state index < -0.39 is 17.4 Å². The molecule has 0 saturated carbocycles. The maximum atomic E-state index is 10.6. The molecule has 0 spiro atoms. The van der Waals surface area contributed by atoms with Gasteiger partial charge in [0.1, 0.15) is 0 Å². The third-order valence-corrected chi connectivity index (χ3v) is 0.876. The Kier molecular flexibility index (Phi) is 3.01. The molecule has 0 radical (unpaired) electrons. The van der Waals surface area contributed by atoms with E-state index in [4.69, 9.17) is 5.53 Å². The molecule has 0 aliphatic heterocycles. The molecular formula is C5H7N3O2. The predicted molar refractivity (Wildman–Crippen MR) is 33.4 cm³/mol. The van der Waals surface area contributed by atoms with E-state index in [2.05, 4.69) is 10.1 Å². The minimum atomic E-state index is -0.685. The number of nitrogens with one attached hydrogen (secondary N) is 1. The van der Waals surface area contributed by atoms with Crippen LogP contribution >= 0.6 is 0 Å². The van der Waals surface area contributed by atoms with Crippen molar-refractivity contribution in [1.82, 2.24) is 5.32 Å². The summed E-state index contributed by atoms with van der Waals surface area (Å²) in [5.74, 6) is -1.25. The van der Waals surface area contributed by atoms with Crippen molar-refractivity contribution < 1.29 is 14.4 Å². The van der Waals surface area contributed by atoms with Crippen molar-refractivity contribution in [3.8, 4) is 0 Å². The van der Waals surface area contributed by atoms with Gasteiger partial charge in [-0.2, -0.15) is 4.79 Å². The van der Waals surface area contributed by atoms with E-state index in [1.54, 1.807) is 0 Å². The minimum Gasteiger partial charge on any atom is -0.360 e. The zero-order valence-corrected chi connectivity index (χ0v) is 5.71. The number of rotatable bonds is 2. The average molecular weight is 141 g/mol. The van der Waals surface area contributed by atoms with E-state index in [1.165, 1.54) is 7.05 Å². The zero-order chi connectivity index (χ0) is 8.15. The first-order valence-corrected chi connectivity index (χ1v) is 2.58. The highest BCUT2D eigenvalue weighted by Gasteiger charge is 2.23. The summed E-state index contributed by atoms with van der Waals surface area (Å²) in [6.07, 6.45) is 0. The molecule has 0 atom stereocenters. The maximum Gasteiger partial charge on any atom is 0.421 e. The molecule has 0 heterocycles. The summed E-state index contributed by atoms with van der Waals surface area (Å²) in [7, 11) is 1.34. The van der Waals surface area contributed by atoms with Gasteiger partial charge >= 0.3 is 11.6 Å². The van der Waals surface area contributed by atoms with Gasteiger partial charge in [0.05, 0.1) is 0 Å². The van der Waals surface area contributed by atoms with Crippen molar-refractivity contribution in [2.24, 2.45) is 0 Å². The molecule has 0 aliphatic carbocycles. The summed E-state index contributed by atoms with van der Waals surface area (Å²) in [6, 6.07) is 0. The van der Waals surface area contributed by atoms with E-state index in [0.717, 1.165) is 6.92 Å². The van der Waals surface area contributed by atoms with Crippen molar-refractivity contribution in [2.45, 2.75) is 6.92 Å². The first-order chi connectivity index (χ1) is 4.63. The van der Waals surface area contributed by atoms with Crippen molar-refractivity contribution >= 4 is 17.4 Å². The summed E-state index contributed by atoms with van der Waals surface area (Å²) in [5, 5.41) is 2.15. The second-order valence-corrected chi connectivity index (χ2v) is 1.58. The van der Waals surface area contributed by atoms with Crippen LogP contribution in [0.1, 0.15) is 6.92 Å². The van der Waals surface area contributed by atoms with Gasteiger partial charge in [-0.1, -0.05) is 0 Å². The molecule has 0 rings (SSSR count). The number of Topliss-reactive ketones (excluding diaryl/α,β-unsaturated/α-hetero) is 1. The van der Waals surface area contributed by atoms with Crippen LogP contribution in [0.4, 0.5) is 0 Å². The largest absolute Gasteiger partial charge is 0.421 e. The van der Waals surface area contributed by atoms with Gasteiger partial charge in [-0.3, -0.25) is 9.59 Å². The Morgan fingerprint density at radius 1 is 1.50 bits per heavy atom. The topological polar surface area (TPSA) is 82.6 Å². The lowest BCUT2D eigenvalue weighted by Crippen LogP contribution is -2.32. The molecule has 10 heavy (non-hydrogen) atoms. The average Bonchev–Trinajstić information content (AvgIpc) is 1.88. The standard InChI is InChI=1S/C5H7N3O2/c1-3(9)4(8-6)5(10)7-2/h1-2H3,(H,7,10). The Labute approximate surface area is 57.7 Å². The van der Waals surface area contributed by atoms with Crippen LogP contribution in [0.2, 0.25) is 0 Å². The van der Waals surface area contributed by atoms with Crippen molar-refractivity contribution in [3.63, 3.8) is 0 Å². The van der Waals surface area contributed by atoms with E-state index in [1.807, 2.05) is 0 Å². The van der Waals surface area contributed by atoms with Crippen LogP contribution in [-0.2, 0) is 9.59 Å². The number of ketones is 1. The van der Waals surface area contributed by atoms with Gasteiger partial charge in [0.2, 0.25) is 5.78 Å². The third-order valence-electron chi connectivity index (χ3n) is 0.876. The fourth-order valence-corrected chi connectivity index (χ4v) is 0.394. The predicted octanol–water partition coefficient (Wildman–Crippen LogP) is -1.01. The molecule has 5 nitrogen and oxygen atoms in total. The highest BCUT2D eigenvalue weighted by Crippen LogP contribution is 1.73. The molecule has 0 fully saturated rings. The lowest BCUT2D eigenvalue weighted by Gasteiger charge is -1.87. The molecule has 0 aromatic heterocycles. The molecule has 1 N–H and O–H groups in total. The van der Waals surface area contributed by atoms with Gasteiger partial charge in [-0.15, -0.1) is 0 Å². The van der Waals surface area contributed by atoms with Crippen LogP contribution in [0.5, 0.6) is 0 Å². The monoisotopic (exact) mass is 141 g/mol. The second-order valence-electron chi connectivity index (χ2n) is 1.58. The zero-order valence-electron chi connectivity index (χ0n) is 5.71. The van der Waals surface area contributed by atoms with Gasteiger partial charge in [-0.25, -0.2) is 0 Å². The molecule has 0 aromatic carbocycles. The number of nitrogens with zero attached hydrogens (tertiary/aromatic N) is 2. The van der Waals surface area contributed by atoms with Crippen LogP contribution in [0, 0.1) is 0 Å². The number of hydrogen-bond donors (Lipinski definition) is 1. The highest BCUT2D eigenvalue weighted by atomic mass is 16.2. The Bertz CT molecular complexity index is 215. The molecule has 0 aliphatic rings. The molecule has 0 saturated heterocycles. The Balaban J connectivity index is 4.56. The summed E-state index contributed by atoms with van der Waals surface area (Å²) in [4.78, 5) is 23.5. The van der Waals surface area contributed by atoms with Gasteiger partial charge < -0.3 is 10.8 Å². The van der Waals surface area contributed by atoms with Crippen molar-refractivity contribution in [3.05, 3.63) is 5.53 Å². The summed E-state index contributed by atoms with van der Waals surface area (Å²) >= 11 is 0. The first kappa shape index (κ1) is 8.52. The molecule has 0 bridgehead atoms. The van der Waals surface area contributed by atoms with Gasteiger partial charge in [0.25, 0.3) is 0 Å². The fraction of sp³-hybridized carbons (Fsp3) is 0.400. The highest BCUT2D eigenvalue weighted by molar-refractivity contribution is 6.63. The van der Waals surface area contributed by atoms with Crippen LogP contribution in [0.3, 0.4) is 0 Å². The smallest absolute Gasteiger partial charge is 0.360 e. The maximum absolute atomic E-state index is 10.6. The number of carbonyl (C=O) groups excluding carboxylic acids is 2. The molecule has 0 unspecified atom stereocenters. The van der Waals surface area contributed by atoms with E-state index in [0.29, 0.717) is 0 Å². The molecule has 1 amide bonds. The van der Waals surface area contributed by atoms with Crippen molar-refractivity contribution in [1.29, 1.82) is 0 Å². The number of amides is 1. The van der Waals surface area contributed by atoms with Crippen molar-refractivity contribution in [2.75, 3.05) is 7.05 Å². The van der Waals surface area contributed by atoms with Gasteiger partial charge in [-0.05, 0) is 0 Å². The quantitative estimate of drug-likeness (QED) is 0.231. The molecule has 54 valence electrons. The second kappa shape index (κ2) is 3.53. The summed E-state index contributed by atoms with van der Waals surface area (Å²) < 4.78 is 0. The summed E-state index contributed by atoms with van der Waals surface area (Å²) in [6.45, 7) is 1.14. The van der Waals surface area contributed by atoms with E-state index >= 15 is 0 Å². The van der Waals surface area contributed by atoms with Crippen LogP contribution in [-0.4, -0.2) is 29.2 Å². The van der Waals surface area contributed by atoms with Gasteiger partial charge in [0, 0.05) is 14.0 Å².